The summed E-state index contributed by atoms with van der Waals surface area (Å²) in [6, 6.07) is 8.42. The molecule has 2 aromatic rings. The zero-order valence-electron chi connectivity index (χ0n) is 17.6. The van der Waals surface area contributed by atoms with Crippen LogP contribution in [0.4, 0.5) is 4.39 Å². The monoisotopic (exact) mass is 496 g/mol. The predicted octanol–water partition coefficient (Wildman–Crippen LogP) is 4.31. The quantitative estimate of drug-likeness (QED) is 0.472. The van der Waals surface area contributed by atoms with Crippen LogP contribution in [0.5, 0.6) is 5.75 Å². The van der Waals surface area contributed by atoms with E-state index >= 15 is 0 Å². The number of rotatable bonds is 8. The summed E-state index contributed by atoms with van der Waals surface area (Å²) in [5.41, 5.74) is 0.454. The number of benzene rings is 2. The summed E-state index contributed by atoms with van der Waals surface area (Å²) >= 11 is 11.7. The summed E-state index contributed by atoms with van der Waals surface area (Å²) in [5, 5.41) is 14.9. The molecule has 0 heterocycles. The van der Waals surface area contributed by atoms with E-state index in [0.717, 1.165) is 6.07 Å². The first-order chi connectivity index (χ1) is 15.7. The van der Waals surface area contributed by atoms with Gasteiger partial charge in [-0.15, -0.1) is 0 Å². The lowest BCUT2D eigenvalue weighted by Gasteiger charge is -2.27. The molecule has 0 spiro atoms. The predicted molar refractivity (Wildman–Crippen MR) is 122 cm³/mol. The van der Waals surface area contributed by atoms with Crippen molar-refractivity contribution in [3.8, 4) is 5.75 Å². The van der Waals surface area contributed by atoms with Crippen LogP contribution in [0, 0.1) is 11.7 Å². The Morgan fingerprint density at radius 2 is 1.48 bits per heavy atom. The molecule has 1 fully saturated rings. The molecule has 0 aromatic heterocycles. The van der Waals surface area contributed by atoms with Crippen LogP contribution in [-0.4, -0.2) is 42.1 Å². The van der Waals surface area contributed by atoms with E-state index in [1.54, 1.807) is 0 Å². The van der Waals surface area contributed by atoms with Crippen molar-refractivity contribution in [2.45, 2.75) is 31.8 Å². The van der Waals surface area contributed by atoms with Crippen molar-refractivity contribution in [1.82, 2.24) is 10.6 Å². The van der Waals surface area contributed by atoms with Gasteiger partial charge in [0.1, 0.15) is 0 Å². The van der Waals surface area contributed by atoms with E-state index in [0.29, 0.717) is 36.3 Å². The molecule has 2 aromatic carbocycles. The number of aliphatic carboxylic acids is 1. The van der Waals surface area contributed by atoms with Gasteiger partial charge < -0.3 is 20.5 Å². The van der Waals surface area contributed by atoms with Crippen LogP contribution < -0.4 is 15.4 Å². The Hall–Kier alpha value is -2.84. The van der Waals surface area contributed by atoms with Crippen LogP contribution in [-0.2, 0) is 4.79 Å². The SMILES string of the molecule is O=C(NCCNC(=O)c1ccc(Cl)c(Cl)c1)c1ccc(O[C@H]2CC[C@@H](C(=O)O)CC2)c(F)c1. The number of amides is 2. The Morgan fingerprint density at radius 3 is 2.03 bits per heavy atom. The molecule has 1 aliphatic carbocycles. The molecule has 3 rings (SSSR count). The number of nitrogens with one attached hydrogen (secondary N) is 2. The normalized spacial score (nSPS) is 17.8. The van der Waals surface area contributed by atoms with Gasteiger partial charge in [0, 0.05) is 24.2 Å². The highest BCUT2D eigenvalue weighted by Crippen LogP contribution is 2.29. The molecule has 0 aliphatic heterocycles. The molecule has 0 saturated heterocycles. The molecular weight excluding hydrogens is 474 g/mol. The van der Waals surface area contributed by atoms with Gasteiger partial charge in [0.15, 0.2) is 11.6 Å². The maximum atomic E-state index is 14.4. The Kier molecular flexibility index (Phi) is 8.52. The Bertz CT molecular complexity index is 1040. The van der Waals surface area contributed by atoms with Gasteiger partial charge in [-0.25, -0.2) is 4.39 Å². The molecule has 2 amide bonds. The lowest BCUT2D eigenvalue weighted by atomic mass is 9.87. The summed E-state index contributed by atoms with van der Waals surface area (Å²) in [7, 11) is 0. The lowest BCUT2D eigenvalue weighted by Crippen LogP contribution is -2.34. The second-order valence-electron chi connectivity index (χ2n) is 7.72. The average molecular weight is 497 g/mol. The topological polar surface area (TPSA) is 105 Å². The van der Waals surface area contributed by atoms with Gasteiger partial charge in [-0.2, -0.15) is 0 Å². The standard InChI is InChI=1S/C23H23Cl2FN2O5/c24-17-7-3-14(11-18(17)25)21(29)27-9-10-28-22(30)15-4-8-20(19(26)12-15)33-16-5-1-13(2-6-16)23(31)32/h3-4,7-8,11-13,16H,1-2,5-6,9-10H2,(H,27,29)(H,28,30)(H,31,32)/t13-,16+. The van der Waals surface area contributed by atoms with E-state index in [1.165, 1.54) is 30.3 Å². The minimum Gasteiger partial charge on any atom is -0.487 e. The highest BCUT2D eigenvalue weighted by atomic mass is 35.5. The first kappa shape index (κ1) is 24.8. The molecule has 3 N–H and O–H groups in total. The van der Waals surface area contributed by atoms with Gasteiger partial charge in [-0.3, -0.25) is 14.4 Å². The molecule has 1 saturated carbocycles. The third-order valence-corrected chi connectivity index (χ3v) is 6.13. The molecule has 0 unspecified atom stereocenters. The molecular formula is C23H23Cl2FN2O5. The highest BCUT2D eigenvalue weighted by Gasteiger charge is 2.27. The molecule has 176 valence electrons. The fourth-order valence-electron chi connectivity index (χ4n) is 3.54. The lowest BCUT2D eigenvalue weighted by molar-refractivity contribution is -0.143. The van der Waals surface area contributed by atoms with E-state index in [2.05, 4.69) is 10.6 Å². The largest absolute Gasteiger partial charge is 0.487 e. The Morgan fingerprint density at radius 1 is 0.909 bits per heavy atom. The minimum absolute atomic E-state index is 0.0270. The van der Waals surface area contributed by atoms with E-state index < -0.39 is 17.7 Å². The number of hydrogen-bond donors (Lipinski definition) is 3. The summed E-state index contributed by atoms with van der Waals surface area (Å²) < 4.78 is 20.1. The minimum atomic E-state index is -0.816. The van der Waals surface area contributed by atoms with E-state index in [9.17, 15) is 18.8 Å². The summed E-state index contributed by atoms with van der Waals surface area (Å²) in [5.74, 6) is -2.70. The van der Waals surface area contributed by atoms with Crippen LogP contribution in [0.1, 0.15) is 46.4 Å². The summed E-state index contributed by atoms with van der Waals surface area (Å²) in [6.45, 7) is 0.298. The Balaban J connectivity index is 1.44. The smallest absolute Gasteiger partial charge is 0.306 e. The third-order valence-electron chi connectivity index (χ3n) is 5.39. The second kappa shape index (κ2) is 11.3. The summed E-state index contributed by atoms with van der Waals surface area (Å²) in [6.07, 6.45) is 1.79. The van der Waals surface area contributed by atoms with Crippen LogP contribution in [0.3, 0.4) is 0 Å². The van der Waals surface area contributed by atoms with Gasteiger partial charge in [0.2, 0.25) is 0 Å². The first-order valence-electron chi connectivity index (χ1n) is 10.4. The maximum Gasteiger partial charge on any atom is 0.306 e. The van der Waals surface area contributed by atoms with Crippen molar-refractivity contribution >= 4 is 41.0 Å². The molecule has 10 heteroatoms. The number of carboxylic acids is 1. The molecule has 0 bridgehead atoms. The van der Waals surface area contributed by atoms with Crippen molar-refractivity contribution in [1.29, 1.82) is 0 Å². The van der Waals surface area contributed by atoms with Crippen molar-refractivity contribution in [2.24, 2.45) is 5.92 Å². The maximum absolute atomic E-state index is 14.4. The molecule has 7 nitrogen and oxygen atoms in total. The van der Waals surface area contributed by atoms with Crippen LogP contribution in [0.2, 0.25) is 10.0 Å². The number of carbonyl (C=O) groups excluding carboxylic acids is 2. The van der Waals surface area contributed by atoms with Crippen molar-refractivity contribution in [2.75, 3.05) is 13.1 Å². The van der Waals surface area contributed by atoms with Crippen LogP contribution in [0.15, 0.2) is 36.4 Å². The first-order valence-corrected chi connectivity index (χ1v) is 11.2. The van der Waals surface area contributed by atoms with Gasteiger partial charge >= 0.3 is 5.97 Å². The zero-order valence-corrected chi connectivity index (χ0v) is 19.1. The van der Waals surface area contributed by atoms with Crippen LogP contribution >= 0.6 is 23.2 Å². The number of carboxylic acid groups (broad SMARTS) is 1. The fraction of sp³-hybridized carbons (Fsp3) is 0.348. The van der Waals surface area contributed by atoms with Gasteiger partial charge in [0.25, 0.3) is 11.8 Å². The second-order valence-corrected chi connectivity index (χ2v) is 8.53. The van der Waals surface area contributed by atoms with Crippen molar-refractivity contribution in [3.05, 3.63) is 63.4 Å². The number of halogens is 3. The highest BCUT2D eigenvalue weighted by molar-refractivity contribution is 6.42. The fourth-order valence-corrected chi connectivity index (χ4v) is 3.84. The van der Waals surface area contributed by atoms with Gasteiger partial charge in [-0.05, 0) is 62.1 Å². The molecule has 33 heavy (non-hydrogen) atoms. The van der Waals surface area contributed by atoms with E-state index in [-0.39, 0.29) is 47.4 Å². The van der Waals surface area contributed by atoms with Gasteiger partial charge in [-0.1, -0.05) is 23.2 Å². The Labute approximate surface area is 200 Å². The average Bonchev–Trinajstić information content (AvgIpc) is 2.79. The molecule has 1 aliphatic rings. The number of carbonyl (C=O) groups is 3. The third kappa shape index (κ3) is 6.82. The zero-order chi connectivity index (χ0) is 24.0. The van der Waals surface area contributed by atoms with E-state index in [4.69, 9.17) is 33.0 Å². The number of hydrogen-bond acceptors (Lipinski definition) is 4. The number of ether oxygens (including phenoxy) is 1. The van der Waals surface area contributed by atoms with Crippen LogP contribution in [0.25, 0.3) is 0 Å². The van der Waals surface area contributed by atoms with E-state index in [1.807, 2.05) is 0 Å². The van der Waals surface area contributed by atoms with Crippen molar-refractivity contribution < 1.29 is 28.6 Å². The van der Waals surface area contributed by atoms with Gasteiger partial charge in [0.05, 0.1) is 22.1 Å². The summed E-state index contributed by atoms with van der Waals surface area (Å²) in [4.78, 5) is 35.4. The molecule has 0 radical (unpaired) electrons. The van der Waals surface area contributed by atoms with Crippen molar-refractivity contribution in [3.63, 3.8) is 0 Å². The molecule has 0 atom stereocenters.